The van der Waals surface area contributed by atoms with E-state index < -0.39 is 5.97 Å². The first-order chi connectivity index (χ1) is 9.63. The third-order valence-corrected chi connectivity index (χ3v) is 3.55. The average Bonchev–Trinajstić information content (AvgIpc) is 2.43. The molecule has 1 aliphatic rings. The number of ether oxygens (including phenoxy) is 1. The van der Waals surface area contributed by atoms with Crippen LogP contribution in [0.5, 0.6) is 5.75 Å². The predicted molar refractivity (Wildman–Crippen MR) is 74.6 cm³/mol. The Kier molecular flexibility index (Phi) is 5.38. The van der Waals surface area contributed by atoms with Crippen molar-refractivity contribution < 1.29 is 19.7 Å². The second-order valence-electron chi connectivity index (χ2n) is 5.16. The quantitative estimate of drug-likeness (QED) is 0.831. The molecule has 1 aromatic carbocycles. The summed E-state index contributed by atoms with van der Waals surface area (Å²) in [5.74, 6) is -0.519. The highest BCUT2D eigenvalue weighted by atomic mass is 16.5. The van der Waals surface area contributed by atoms with Gasteiger partial charge in [-0.2, -0.15) is 0 Å². The number of aliphatic carboxylic acids is 1. The number of hydrogen-bond donors (Lipinski definition) is 2. The average molecular weight is 279 g/mol. The van der Waals surface area contributed by atoms with Crippen molar-refractivity contribution in [1.29, 1.82) is 0 Å². The molecule has 0 atom stereocenters. The van der Waals surface area contributed by atoms with Gasteiger partial charge in [-0.05, 0) is 30.5 Å². The van der Waals surface area contributed by atoms with E-state index in [4.69, 9.17) is 9.84 Å². The summed E-state index contributed by atoms with van der Waals surface area (Å²) in [7, 11) is 0. The molecule has 5 heteroatoms. The van der Waals surface area contributed by atoms with Crippen LogP contribution in [0.1, 0.15) is 24.8 Å². The van der Waals surface area contributed by atoms with Crippen molar-refractivity contribution in [3.05, 3.63) is 29.8 Å². The van der Waals surface area contributed by atoms with Crippen LogP contribution in [0.2, 0.25) is 0 Å². The van der Waals surface area contributed by atoms with Crippen LogP contribution in [0.25, 0.3) is 0 Å². The Labute approximate surface area is 118 Å². The van der Waals surface area contributed by atoms with Crippen molar-refractivity contribution in [2.24, 2.45) is 0 Å². The SMILES string of the molecule is O=C(O)CCOC1CCN(Cc2ccc(O)cc2)CC1. The number of rotatable bonds is 6. The van der Waals surface area contributed by atoms with Gasteiger partial charge in [-0.1, -0.05) is 12.1 Å². The van der Waals surface area contributed by atoms with E-state index in [1.807, 2.05) is 12.1 Å². The largest absolute Gasteiger partial charge is 0.508 e. The number of carbonyl (C=O) groups is 1. The highest BCUT2D eigenvalue weighted by Crippen LogP contribution is 2.17. The predicted octanol–water partition coefficient (Wildman–Crippen LogP) is 1.85. The van der Waals surface area contributed by atoms with E-state index in [0.29, 0.717) is 12.4 Å². The summed E-state index contributed by atoms with van der Waals surface area (Å²) in [5.41, 5.74) is 1.19. The zero-order valence-electron chi connectivity index (χ0n) is 11.5. The zero-order chi connectivity index (χ0) is 14.4. The van der Waals surface area contributed by atoms with E-state index in [2.05, 4.69) is 4.90 Å². The third kappa shape index (κ3) is 4.83. The minimum absolute atomic E-state index is 0.0771. The molecule has 110 valence electrons. The molecule has 0 aromatic heterocycles. The maximum atomic E-state index is 10.4. The Hall–Kier alpha value is -1.59. The lowest BCUT2D eigenvalue weighted by Gasteiger charge is -2.31. The molecule has 1 heterocycles. The van der Waals surface area contributed by atoms with Crippen LogP contribution in [0.4, 0.5) is 0 Å². The summed E-state index contributed by atoms with van der Waals surface area (Å²) < 4.78 is 5.57. The number of benzene rings is 1. The minimum atomic E-state index is -0.810. The van der Waals surface area contributed by atoms with E-state index in [-0.39, 0.29) is 12.5 Å². The fourth-order valence-corrected chi connectivity index (χ4v) is 2.41. The molecule has 20 heavy (non-hydrogen) atoms. The standard InChI is InChI=1S/C15H21NO4/c17-13-3-1-12(2-4-13)11-16-8-5-14(6-9-16)20-10-7-15(18)19/h1-4,14,17H,5-11H2,(H,18,19). The lowest BCUT2D eigenvalue weighted by molar-refractivity contribution is -0.138. The van der Waals surface area contributed by atoms with Crippen molar-refractivity contribution in [3.63, 3.8) is 0 Å². The van der Waals surface area contributed by atoms with E-state index in [1.54, 1.807) is 12.1 Å². The topological polar surface area (TPSA) is 70.0 Å². The highest BCUT2D eigenvalue weighted by Gasteiger charge is 2.19. The van der Waals surface area contributed by atoms with Crippen molar-refractivity contribution in [3.8, 4) is 5.75 Å². The third-order valence-electron chi connectivity index (χ3n) is 3.55. The summed E-state index contributed by atoms with van der Waals surface area (Å²) in [6.07, 6.45) is 2.15. The first-order valence-electron chi connectivity index (χ1n) is 6.97. The Morgan fingerprint density at radius 1 is 1.25 bits per heavy atom. The van der Waals surface area contributed by atoms with Gasteiger partial charge in [0.05, 0.1) is 19.1 Å². The molecule has 1 aliphatic heterocycles. The fourth-order valence-electron chi connectivity index (χ4n) is 2.41. The first-order valence-corrected chi connectivity index (χ1v) is 6.97. The molecular formula is C15H21NO4. The van der Waals surface area contributed by atoms with Gasteiger partial charge in [0.2, 0.25) is 0 Å². The molecule has 0 unspecified atom stereocenters. The van der Waals surface area contributed by atoms with Gasteiger partial charge in [0, 0.05) is 19.6 Å². The van der Waals surface area contributed by atoms with Crippen LogP contribution in [0, 0.1) is 0 Å². The number of aromatic hydroxyl groups is 1. The van der Waals surface area contributed by atoms with Gasteiger partial charge >= 0.3 is 5.97 Å². The molecule has 5 nitrogen and oxygen atoms in total. The van der Waals surface area contributed by atoms with Crippen molar-refractivity contribution in [2.75, 3.05) is 19.7 Å². The summed E-state index contributed by atoms with van der Waals surface area (Å²) in [4.78, 5) is 12.8. The summed E-state index contributed by atoms with van der Waals surface area (Å²) in [6.45, 7) is 3.09. The van der Waals surface area contributed by atoms with Crippen LogP contribution in [0.15, 0.2) is 24.3 Å². The van der Waals surface area contributed by atoms with Gasteiger partial charge in [0.25, 0.3) is 0 Å². The summed E-state index contributed by atoms with van der Waals surface area (Å²) in [6, 6.07) is 7.28. The van der Waals surface area contributed by atoms with Crippen LogP contribution in [-0.4, -0.2) is 46.9 Å². The van der Waals surface area contributed by atoms with E-state index in [1.165, 1.54) is 5.56 Å². The van der Waals surface area contributed by atoms with Crippen LogP contribution in [-0.2, 0) is 16.1 Å². The van der Waals surface area contributed by atoms with Gasteiger partial charge in [0.1, 0.15) is 5.75 Å². The molecule has 2 rings (SSSR count). The lowest BCUT2D eigenvalue weighted by Crippen LogP contribution is -2.36. The fraction of sp³-hybridized carbons (Fsp3) is 0.533. The van der Waals surface area contributed by atoms with Gasteiger partial charge in [0.15, 0.2) is 0 Å². The monoisotopic (exact) mass is 279 g/mol. The molecule has 1 saturated heterocycles. The molecule has 0 radical (unpaired) electrons. The summed E-state index contributed by atoms with van der Waals surface area (Å²) in [5, 5.41) is 17.8. The van der Waals surface area contributed by atoms with Crippen molar-refractivity contribution in [1.82, 2.24) is 4.90 Å². The van der Waals surface area contributed by atoms with E-state index >= 15 is 0 Å². The number of nitrogens with zero attached hydrogens (tertiary/aromatic N) is 1. The van der Waals surface area contributed by atoms with Crippen LogP contribution in [0.3, 0.4) is 0 Å². The molecule has 1 fully saturated rings. The number of likely N-dealkylation sites (tertiary alicyclic amines) is 1. The molecule has 0 saturated carbocycles. The lowest BCUT2D eigenvalue weighted by atomic mass is 10.1. The van der Waals surface area contributed by atoms with Gasteiger partial charge < -0.3 is 14.9 Å². The molecule has 0 bridgehead atoms. The smallest absolute Gasteiger partial charge is 0.305 e. The van der Waals surface area contributed by atoms with Crippen molar-refractivity contribution in [2.45, 2.75) is 31.9 Å². The van der Waals surface area contributed by atoms with Crippen molar-refractivity contribution >= 4 is 5.97 Å². The van der Waals surface area contributed by atoms with Crippen LogP contribution >= 0.6 is 0 Å². The first kappa shape index (κ1) is 14.8. The molecule has 2 N–H and O–H groups in total. The number of carboxylic acids is 1. The Balaban J connectivity index is 1.68. The molecule has 0 aliphatic carbocycles. The second kappa shape index (κ2) is 7.26. The van der Waals surface area contributed by atoms with E-state index in [0.717, 1.165) is 32.5 Å². The molecule has 1 aromatic rings. The zero-order valence-corrected chi connectivity index (χ0v) is 11.5. The van der Waals surface area contributed by atoms with Gasteiger partial charge in [-0.15, -0.1) is 0 Å². The number of phenols is 1. The van der Waals surface area contributed by atoms with Gasteiger partial charge in [-0.25, -0.2) is 0 Å². The van der Waals surface area contributed by atoms with E-state index in [9.17, 15) is 9.90 Å². The van der Waals surface area contributed by atoms with Crippen LogP contribution < -0.4 is 0 Å². The Morgan fingerprint density at radius 3 is 2.50 bits per heavy atom. The number of carboxylic acid groups (broad SMARTS) is 1. The molecular weight excluding hydrogens is 258 g/mol. The van der Waals surface area contributed by atoms with Gasteiger partial charge in [-0.3, -0.25) is 9.69 Å². The maximum Gasteiger partial charge on any atom is 0.305 e. The number of phenolic OH excluding ortho intramolecular Hbond substituents is 1. The molecule has 0 amide bonds. The maximum absolute atomic E-state index is 10.4. The summed E-state index contributed by atoms with van der Waals surface area (Å²) >= 11 is 0. The second-order valence-corrected chi connectivity index (χ2v) is 5.16. The Bertz CT molecular complexity index is 424. The Morgan fingerprint density at radius 2 is 1.90 bits per heavy atom. The highest BCUT2D eigenvalue weighted by molar-refractivity contribution is 5.66. The number of hydrogen-bond acceptors (Lipinski definition) is 4. The number of piperidine rings is 1. The minimum Gasteiger partial charge on any atom is -0.508 e. The molecule has 0 spiro atoms. The normalized spacial score (nSPS) is 17.2.